The molecular formula is C26H24N4O2S. The molecule has 0 radical (unpaired) electrons. The van der Waals surface area contributed by atoms with Crippen molar-refractivity contribution in [2.75, 3.05) is 19.0 Å². The van der Waals surface area contributed by atoms with Gasteiger partial charge in [0, 0.05) is 73.7 Å². The summed E-state index contributed by atoms with van der Waals surface area (Å²) in [5.41, 5.74) is 5.23. The van der Waals surface area contributed by atoms with Crippen molar-refractivity contribution in [3.63, 3.8) is 0 Å². The van der Waals surface area contributed by atoms with Gasteiger partial charge in [0.2, 0.25) is 0 Å². The maximum absolute atomic E-state index is 13.5. The third kappa shape index (κ3) is 3.70. The lowest BCUT2D eigenvalue weighted by molar-refractivity contribution is 0.589. The summed E-state index contributed by atoms with van der Waals surface area (Å²) in [7, 11) is 2.16. The lowest BCUT2D eigenvalue weighted by atomic mass is 10.0. The van der Waals surface area contributed by atoms with Crippen LogP contribution in [0.25, 0.3) is 33.3 Å². The molecule has 2 aromatic carbocycles. The van der Waals surface area contributed by atoms with Gasteiger partial charge in [-0.2, -0.15) is 0 Å². The molecular weight excluding hydrogens is 432 g/mol. The van der Waals surface area contributed by atoms with Gasteiger partial charge >= 0.3 is 0 Å². The molecule has 0 amide bonds. The molecule has 5 aromatic rings. The molecule has 6 nitrogen and oxygen atoms in total. The zero-order valence-corrected chi connectivity index (χ0v) is 19.5. The summed E-state index contributed by atoms with van der Waals surface area (Å²) in [5.74, 6) is 0. The normalized spacial score (nSPS) is 11.7. The number of aryl methyl sites for hydroxylation is 1. The third-order valence-corrected chi connectivity index (χ3v) is 7.44. The van der Waals surface area contributed by atoms with Crippen LogP contribution in [0.3, 0.4) is 0 Å². The maximum atomic E-state index is 13.5. The first-order valence-electron chi connectivity index (χ1n) is 10.6. The van der Waals surface area contributed by atoms with E-state index in [1.165, 1.54) is 3.97 Å². The van der Waals surface area contributed by atoms with Gasteiger partial charge in [0.1, 0.15) is 0 Å². The zero-order valence-electron chi connectivity index (χ0n) is 18.7. The molecule has 0 saturated carbocycles. The first kappa shape index (κ1) is 21.0. The minimum absolute atomic E-state index is 0.228. The fraction of sp³-hybridized carbons (Fsp3) is 0.115. The van der Waals surface area contributed by atoms with Gasteiger partial charge in [0.25, 0.3) is 10.0 Å². The van der Waals surface area contributed by atoms with E-state index in [4.69, 9.17) is 0 Å². The average Bonchev–Trinajstić information content (AvgIpc) is 3.43. The van der Waals surface area contributed by atoms with Crippen molar-refractivity contribution in [2.24, 2.45) is 7.05 Å². The fourth-order valence-electron chi connectivity index (χ4n) is 3.97. The molecule has 0 atom stereocenters. The Balaban J connectivity index is 1.72. The molecule has 0 bridgehead atoms. The van der Waals surface area contributed by atoms with Crippen LogP contribution in [-0.2, 0) is 17.1 Å². The Bertz CT molecular complexity index is 1550. The van der Waals surface area contributed by atoms with Gasteiger partial charge in [-0.15, -0.1) is 0 Å². The molecule has 33 heavy (non-hydrogen) atoms. The number of hydrogen-bond acceptors (Lipinski definition) is 4. The van der Waals surface area contributed by atoms with Crippen LogP contribution in [0.5, 0.6) is 0 Å². The number of aromatic nitrogens is 3. The summed E-state index contributed by atoms with van der Waals surface area (Å²) < 4.78 is 30.2. The van der Waals surface area contributed by atoms with E-state index in [0.717, 1.165) is 33.3 Å². The topological polar surface area (TPSA) is 60.1 Å². The van der Waals surface area contributed by atoms with Crippen LogP contribution < -0.4 is 4.90 Å². The number of hydrogen-bond donors (Lipinski definition) is 0. The SMILES string of the molecule is CN(C)c1ccc(-c2cnc3c(c2)c(-c2ccn(C)c2)cn3S(=O)(=O)c2ccccc2)cc1. The number of pyridine rings is 1. The molecule has 0 aliphatic heterocycles. The molecule has 7 heteroatoms. The Morgan fingerprint density at radius 2 is 1.58 bits per heavy atom. The summed E-state index contributed by atoms with van der Waals surface area (Å²) in [4.78, 5) is 6.90. The van der Waals surface area contributed by atoms with Crippen molar-refractivity contribution in [1.29, 1.82) is 0 Å². The quantitative estimate of drug-likeness (QED) is 0.373. The van der Waals surface area contributed by atoms with E-state index in [0.29, 0.717) is 5.65 Å². The molecule has 3 heterocycles. The average molecular weight is 457 g/mol. The van der Waals surface area contributed by atoms with E-state index in [1.807, 2.05) is 55.1 Å². The van der Waals surface area contributed by atoms with Crippen molar-refractivity contribution in [2.45, 2.75) is 4.90 Å². The van der Waals surface area contributed by atoms with Crippen LogP contribution in [0.15, 0.2) is 96.4 Å². The van der Waals surface area contributed by atoms with Crippen molar-refractivity contribution in [3.8, 4) is 22.3 Å². The predicted octanol–water partition coefficient (Wildman–Crippen LogP) is 5.01. The van der Waals surface area contributed by atoms with Gasteiger partial charge in [-0.25, -0.2) is 17.4 Å². The zero-order chi connectivity index (χ0) is 23.2. The van der Waals surface area contributed by atoms with Crippen LogP contribution in [0.4, 0.5) is 5.69 Å². The number of nitrogens with zero attached hydrogens (tertiary/aromatic N) is 4. The summed E-state index contributed by atoms with van der Waals surface area (Å²) >= 11 is 0. The number of anilines is 1. The first-order chi connectivity index (χ1) is 15.8. The minimum Gasteiger partial charge on any atom is -0.378 e. The van der Waals surface area contributed by atoms with Gasteiger partial charge in [-0.3, -0.25) is 0 Å². The van der Waals surface area contributed by atoms with Crippen molar-refractivity contribution in [1.82, 2.24) is 13.5 Å². The Labute approximate surface area is 193 Å². The Morgan fingerprint density at radius 1 is 0.848 bits per heavy atom. The first-order valence-corrected chi connectivity index (χ1v) is 12.0. The second-order valence-corrected chi connectivity index (χ2v) is 10.1. The number of fused-ring (bicyclic) bond motifs is 1. The van der Waals surface area contributed by atoms with Crippen LogP contribution in [0, 0.1) is 0 Å². The standard InChI is InChI=1S/C26H24N4O2S/c1-28(2)22-11-9-19(10-12-22)21-15-24-25(20-13-14-29(3)17-20)18-30(26(24)27-16-21)33(31,32)23-7-5-4-6-8-23/h4-18H,1-3H3. The molecule has 0 fully saturated rings. The Hall–Kier alpha value is -3.84. The molecule has 3 aromatic heterocycles. The highest BCUT2D eigenvalue weighted by atomic mass is 32.2. The van der Waals surface area contributed by atoms with E-state index >= 15 is 0 Å². The molecule has 166 valence electrons. The molecule has 0 unspecified atom stereocenters. The molecule has 0 aliphatic carbocycles. The van der Waals surface area contributed by atoms with Crippen molar-refractivity contribution in [3.05, 3.63) is 91.5 Å². The van der Waals surface area contributed by atoms with E-state index in [-0.39, 0.29) is 4.90 Å². The van der Waals surface area contributed by atoms with Crippen LogP contribution in [-0.4, -0.2) is 36.0 Å². The van der Waals surface area contributed by atoms with Gasteiger partial charge < -0.3 is 9.47 Å². The summed E-state index contributed by atoms with van der Waals surface area (Å²) in [6.07, 6.45) is 7.33. The number of rotatable bonds is 5. The molecule has 0 spiro atoms. The lowest BCUT2D eigenvalue weighted by Crippen LogP contribution is -2.12. The monoisotopic (exact) mass is 456 g/mol. The molecule has 5 rings (SSSR count). The lowest BCUT2D eigenvalue weighted by Gasteiger charge is -2.12. The minimum atomic E-state index is -3.80. The van der Waals surface area contributed by atoms with E-state index in [9.17, 15) is 8.42 Å². The van der Waals surface area contributed by atoms with Gasteiger partial charge in [0.05, 0.1) is 4.90 Å². The van der Waals surface area contributed by atoms with Crippen molar-refractivity contribution < 1.29 is 8.42 Å². The number of benzene rings is 2. The van der Waals surface area contributed by atoms with E-state index in [2.05, 4.69) is 29.2 Å². The second-order valence-electron chi connectivity index (χ2n) is 8.26. The summed E-state index contributed by atoms with van der Waals surface area (Å²) in [6.45, 7) is 0. The van der Waals surface area contributed by atoms with Crippen LogP contribution in [0.2, 0.25) is 0 Å². The highest BCUT2D eigenvalue weighted by molar-refractivity contribution is 7.90. The highest BCUT2D eigenvalue weighted by Gasteiger charge is 2.23. The maximum Gasteiger partial charge on any atom is 0.269 e. The van der Waals surface area contributed by atoms with Gasteiger partial charge in [-0.05, 0) is 42.0 Å². The van der Waals surface area contributed by atoms with E-state index < -0.39 is 10.0 Å². The smallest absolute Gasteiger partial charge is 0.269 e. The van der Waals surface area contributed by atoms with Crippen LogP contribution >= 0.6 is 0 Å². The molecule has 0 aliphatic rings. The van der Waals surface area contributed by atoms with Gasteiger partial charge in [0.15, 0.2) is 5.65 Å². The predicted molar refractivity (Wildman–Crippen MR) is 133 cm³/mol. The van der Waals surface area contributed by atoms with Gasteiger partial charge in [-0.1, -0.05) is 30.3 Å². The van der Waals surface area contributed by atoms with Crippen LogP contribution in [0.1, 0.15) is 0 Å². The Morgan fingerprint density at radius 3 is 2.21 bits per heavy atom. The summed E-state index contributed by atoms with van der Waals surface area (Å²) in [6, 6.07) is 20.7. The van der Waals surface area contributed by atoms with E-state index in [1.54, 1.807) is 42.7 Å². The summed E-state index contributed by atoms with van der Waals surface area (Å²) in [5, 5.41) is 0.787. The fourth-order valence-corrected chi connectivity index (χ4v) is 5.32. The second kappa shape index (κ2) is 7.94. The van der Waals surface area contributed by atoms with Crippen molar-refractivity contribution >= 4 is 26.7 Å². The largest absolute Gasteiger partial charge is 0.378 e. The molecule has 0 saturated heterocycles. The highest BCUT2D eigenvalue weighted by Crippen LogP contribution is 2.35. The molecule has 0 N–H and O–H groups in total. The Kier molecular flexibility index (Phi) is 5.06. The third-order valence-electron chi connectivity index (χ3n) is 5.77.